The lowest BCUT2D eigenvalue weighted by atomic mass is 9.82. The van der Waals surface area contributed by atoms with Gasteiger partial charge in [0.2, 0.25) is 0 Å². The summed E-state index contributed by atoms with van der Waals surface area (Å²) >= 11 is 0. The third-order valence-electron chi connectivity index (χ3n) is 3.77. The predicted molar refractivity (Wildman–Crippen MR) is 71.6 cm³/mol. The minimum absolute atomic E-state index is 0.124. The summed E-state index contributed by atoms with van der Waals surface area (Å²) in [7, 11) is 0. The number of nitrogens with one attached hydrogen (secondary N) is 1. The summed E-state index contributed by atoms with van der Waals surface area (Å²) in [5.74, 6) is 0.628. The Balaban J connectivity index is 1.68. The zero-order chi connectivity index (χ0) is 13.7. The van der Waals surface area contributed by atoms with Gasteiger partial charge in [0, 0.05) is 12.7 Å². The van der Waals surface area contributed by atoms with Crippen molar-refractivity contribution in [2.45, 2.75) is 39.2 Å². The molecule has 1 aliphatic rings. The average molecular weight is 263 g/mol. The number of carboxylic acids is 1. The fourth-order valence-electron chi connectivity index (χ4n) is 2.62. The van der Waals surface area contributed by atoms with Crippen molar-refractivity contribution in [1.29, 1.82) is 0 Å². The van der Waals surface area contributed by atoms with Crippen LogP contribution in [0, 0.1) is 18.8 Å². The molecule has 2 rings (SSSR count). The van der Waals surface area contributed by atoms with Gasteiger partial charge in [-0.2, -0.15) is 0 Å². The molecule has 0 bridgehead atoms. The number of carbonyl (C=O) groups is 1. The molecule has 19 heavy (non-hydrogen) atoms. The van der Waals surface area contributed by atoms with Gasteiger partial charge in [-0.05, 0) is 51.1 Å². The van der Waals surface area contributed by atoms with Gasteiger partial charge < -0.3 is 10.4 Å². The second-order valence-electron chi connectivity index (χ2n) is 5.28. The fraction of sp³-hybridized carbons (Fsp3) is 0.643. The van der Waals surface area contributed by atoms with Crippen LogP contribution in [0.2, 0.25) is 0 Å². The molecule has 2 N–H and O–H groups in total. The van der Waals surface area contributed by atoms with Crippen molar-refractivity contribution in [1.82, 2.24) is 15.3 Å². The number of rotatable bonds is 5. The van der Waals surface area contributed by atoms with Crippen molar-refractivity contribution in [3.63, 3.8) is 0 Å². The van der Waals surface area contributed by atoms with Gasteiger partial charge in [-0.15, -0.1) is 0 Å². The minimum Gasteiger partial charge on any atom is -0.481 e. The first-order valence-electron chi connectivity index (χ1n) is 6.87. The summed E-state index contributed by atoms with van der Waals surface area (Å²) in [6.45, 7) is 3.58. The van der Waals surface area contributed by atoms with E-state index in [0.29, 0.717) is 5.92 Å². The van der Waals surface area contributed by atoms with Gasteiger partial charge in [-0.3, -0.25) is 4.79 Å². The van der Waals surface area contributed by atoms with Gasteiger partial charge in [-0.1, -0.05) is 0 Å². The lowest BCUT2D eigenvalue weighted by Gasteiger charge is -2.26. The fourth-order valence-corrected chi connectivity index (χ4v) is 2.62. The molecule has 0 aromatic carbocycles. The molecule has 0 amide bonds. The maximum atomic E-state index is 10.9. The first kappa shape index (κ1) is 13.9. The maximum absolute atomic E-state index is 10.9. The first-order chi connectivity index (χ1) is 9.15. The van der Waals surface area contributed by atoms with E-state index in [4.69, 9.17) is 5.11 Å². The van der Waals surface area contributed by atoms with Crippen LogP contribution in [0.5, 0.6) is 0 Å². The molecule has 0 saturated heterocycles. The largest absolute Gasteiger partial charge is 0.481 e. The van der Waals surface area contributed by atoms with Crippen LogP contribution >= 0.6 is 0 Å². The molecular weight excluding hydrogens is 242 g/mol. The Kier molecular flexibility index (Phi) is 4.85. The molecule has 1 heterocycles. The molecule has 5 nitrogen and oxygen atoms in total. The third kappa shape index (κ3) is 4.28. The summed E-state index contributed by atoms with van der Waals surface area (Å²) in [6, 6.07) is 1.92. The second kappa shape index (κ2) is 6.61. The van der Waals surface area contributed by atoms with Gasteiger partial charge >= 0.3 is 5.97 Å². The standard InChI is InChI=1S/C14H21N3O2/c1-10-16-7-6-13(17-10)9-15-8-11-2-4-12(5-3-11)14(18)19/h6-7,11-12,15H,2-5,8-9H2,1H3,(H,18,19). The molecule has 0 atom stereocenters. The number of aliphatic carboxylic acids is 1. The van der Waals surface area contributed by atoms with E-state index in [1.807, 2.05) is 13.0 Å². The summed E-state index contributed by atoms with van der Waals surface area (Å²) in [4.78, 5) is 19.3. The van der Waals surface area contributed by atoms with Gasteiger partial charge in [0.1, 0.15) is 5.82 Å². The molecule has 0 radical (unpaired) electrons. The van der Waals surface area contributed by atoms with E-state index < -0.39 is 5.97 Å². The monoisotopic (exact) mass is 263 g/mol. The first-order valence-corrected chi connectivity index (χ1v) is 6.87. The summed E-state index contributed by atoms with van der Waals surface area (Å²) in [6.07, 6.45) is 5.42. The highest BCUT2D eigenvalue weighted by molar-refractivity contribution is 5.69. The molecule has 1 fully saturated rings. The SMILES string of the molecule is Cc1nccc(CNCC2CCC(C(=O)O)CC2)n1. The quantitative estimate of drug-likeness (QED) is 0.846. The van der Waals surface area contributed by atoms with Crippen LogP contribution in [0.4, 0.5) is 0 Å². The Hall–Kier alpha value is -1.49. The minimum atomic E-state index is -0.636. The van der Waals surface area contributed by atoms with Crippen molar-refractivity contribution in [3.8, 4) is 0 Å². The van der Waals surface area contributed by atoms with Crippen molar-refractivity contribution < 1.29 is 9.90 Å². The van der Waals surface area contributed by atoms with E-state index in [0.717, 1.165) is 50.3 Å². The number of hydrogen-bond acceptors (Lipinski definition) is 4. The molecule has 1 aromatic rings. The van der Waals surface area contributed by atoms with Gasteiger partial charge in [0.25, 0.3) is 0 Å². The smallest absolute Gasteiger partial charge is 0.306 e. The number of aryl methyl sites for hydroxylation is 1. The van der Waals surface area contributed by atoms with Crippen LogP contribution < -0.4 is 5.32 Å². The van der Waals surface area contributed by atoms with Gasteiger partial charge in [0.05, 0.1) is 11.6 Å². The molecule has 1 aliphatic carbocycles. The van der Waals surface area contributed by atoms with Crippen LogP contribution in [0.3, 0.4) is 0 Å². The molecule has 0 spiro atoms. The van der Waals surface area contributed by atoms with E-state index in [2.05, 4.69) is 15.3 Å². The average Bonchev–Trinajstić information content (AvgIpc) is 2.39. The Morgan fingerprint density at radius 1 is 1.42 bits per heavy atom. The van der Waals surface area contributed by atoms with Crippen molar-refractivity contribution >= 4 is 5.97 Å². The Labute approximate surface area is 113 Å². The van der Waals surface area contributed by atoms with Gasteiger partial charge in [0.15, 0.2) is 0 Å². The van der Waals surface area contributed by atoms with E-state index in [1.165, 1.54) is 0 Å². The number of nitrogens with zero attached hydrogens (tertiary/aromatic N) is 2. The predicted octanol–water partition coefficient (Wildman–Crippen LogP) is 1.77. The molecule has 0 unspecified atom stereocenters. The lowest BCUT2D eigenvalue weighted by Crippen LogP contribution is -2.28. The van der Waals surface area contributed by atoms with Gasteiger partial charge in [-0.25, -0.2) is 9.97 Å². The van der Waals surface area contributed by atoms with E-state index in [9.17, 15) is 4.79 Å². The highest BCUT2D eigenvalue weighted by Gasteiger charge is 2.25. The molecule has 5 heteroatoms. The van der Waals surface area contributed by atoms with E-state index in [-0.39, 0.29) is 5.92 Å². The summed E-state index contributed by atoms with van der Waals surface area (Å²) < 4.78 is 0. The zero-order valence-electron chi connectivity index (χ0n) is 11.3. The van der Waals surface area contributed by atoms with E-state index in [1.54, 1.807) is 6.20 Å². The number of carboxylic acid groups (broad SMARTS) is 1. The van der Waals surface area contributed by atoms with Crippen molar-refractivity contribution in [2.75, 3.05) is 6.54 Å². The third-order valence-corrected chi connectivity index (χ3v) is 3.77. The lowest BCUT2D eigenvalue weighted by molar-refractivity contribution is -0.143. The summed E-state index contributed by atoms with van der Waals surface area (Å²) in [5.41, 5.74) is 1.01. The molecular formula is C14H21N3O2. The number of aromatic nitrogens is 2. The Bertz CT molecular complexity index is 428. The van der Waals surface area contributed by atoms with Crippen LogP contribution in [-0.4, -0.2) is 27.6 Å². The van der Waals surface area contributed by atoms with E-state index >= 15 is 0 Å². The highest BCUT2D eigenvalue weighted by Crippen LogP contribution is 2.28. The maximum Gasteiger partial charge on any atom is 0.306 e. The van der Waals surface area contributed by atoms with Crippen LogP contribution in [0.15, 0.2) is 12.3 Å². The summed E-state index contributed by atoms with van der Waals surface area (Å²) in [5, 5.41) is 12.4. The van der Waals surface area contributed by atoms with Crippen LogP contribution in [0.1, 0.15) is 37.2 Å². The molecule has 1 aromatic heterocycles. The number of hydrogen-bond donors (Lipinski definition) is 2. The molecule has 104 valence electrons. The van der Waals surface area contributed by atoms with Crippen molar-refractivity contribution in [3.05, 3.63) is 23.8 Å². The zero-order valence-corrected chi connectivity index (χ0v) is 11.3. The van der Waals surface area contributed by atoms with Crippen LogP contribution in [0.25, 0.3) is 0 Å². The normalized spacial score (nSPS) is 23.2. The van der Waals surface area contributed by atoms with Crippen molar-refractivity contribution in [2.24, 2.45) is 11.8 Å². The molecule has 0 aliphatic heterocycles. The second-order valence-corrected chi connectivity index (χ2v) is 5.28. The Morgan fingerprint density at radius 3 is 2.79 bits per heavy atom. The highest BCUT2D eigenvalue weighted by atomic mass is 16.4. The molecule has 1 saturated carbocycles. The topological polar surface area (TPSA) is 75.1 Å². The Morgan fingerprint density at radius 2 is 2.16 bits per heavy atom. The van der Waals surface area contributed by atoms with Crippen LogP contribution in [-0.2, 0) is 11.3 Å².